The number of nitrogens with two attached hydrogens (primary N) is 1. The first-order chi connectivity index (χ1) is 15.1. The number of carbonyl (C=O) groups is 1. The zero-order valence-electron chi connectivity index (χ0n) is 18.6. The summed E-state index contributed by atoms with van der Waals surface area (Å²) in [6.45, 7) is 5.10. The van der Waals surface area contributed by atoms with Crippen molar-refractivity contribution in [3.63, 3.8) is 0 Å². The minimum absolute atomic E-state index is 0.169. The van der Waals surface area contributed by atoms with Crippen molar-refractivity contribution >= 4 is 21.9 Å². The van der Waals surface area contributed by atoms with Crippen LogP contribution in [0.15, 0.2) is 53.6 Å². The molecule has 0 bridgehead atoms. The van der Waals surface area contributed by atoms with Gasteiger partial charge in [-0.25, -0.2) is 23.3 Å². The van der Waals surface area contributed by atoms with Crippen molar-refractivity contribution in [2.75, 3.05) is 18.4 Å². The van der Waals surface area contributed by atoms with Gasteiger partial charge in [0.2, 0.25) is 0 Å². The number of aryl methyl sites for hydroxylation is 1. The van der Waals surface area contributed by atoms with Crippen molar-refractivity contribution in [1.29, 1.82) is 0 Å². The second-order valence-corrected chi connectivity index (χ2v) is 10.6. The van der Waals surface area contributed by atoms with Crippen LogP contribution in [0.1, 0.15) is 38.7 Å². The summed E-state index contributed by atoms with van der Waals surface area (Å²) in [5, 5.41) is 17.8. The molecule has 32 heavy (non-hydrogen) atoms. The molecule has 4 N–H and O–H groups in total. The molecule has 1 fully saturated rings. The SMILES string of the molecule is CC1(C)CC(C(CCNc2cccc(S(N)(=O)=O)n2)CCc2ccccc2)CN1C(=O)O. The fraction of sp³-hybridized carbons (Fsp3) is 0.478. The Labute approximate surface area is 189 Å². The van der Waals surface area contributed by atoms with Crippen LogP contribution >= 0.6 is 0 Å². The molecular formula is C23H32N4O4S. The number of aromatic nitrogens is 1. The van der Waals surface area contributed by atoms with Crippen LogP contribution in [0.3, 0.4) is 0 Å². The van der Waals surface area contributed by atoms with Gasteiger partial charge in [0.25, 0.3) is 10.0 Å². The first-order valence-electron chi connectivity index (χ1n) is 10.8. The highest BCUT2D eigenvalue weighted by Crippen LogP contribution is 2.39. The molecule has 3 rings (SSSR count). The fourth-order valence-corrected chi connectivity index (χ4v) is 5.11. The van der Waals surface area contributed by atoms with Gasteiger partial charge in [-0.1, -0.05) is 36.4 Å². The lowest BCUT2D eigenvalue weighted by molar-refractivity contribution is 0.116. The molecule has 8 nitrogen and oxygen atoms in total. The third kappa shape index (κ3) is 6.20. The highest BCUT2D eigenvalue weighted by atomic mass is 32.2. The van der Waals surface area contributed by atoms with E-state index in [1.807, 2.05) is 32.0 Å². The van der Waals surface area contributed by atoms with Gasteiger partial charge in [0.15, 0.2) is 5.03 Å². The summed E-state index contributed by atoms with van der Waals surface area (Å²) in [7, 11) is -3.86. The van der Waals surface area contributed by atoms with E-state index >= 15 is 0 Å². The number of likely N-dealkylation sites (tertiary alicyclic amines) is 1. The van der Waals surface area contributed by atoms with Crippen molar-refractivity contribution in [2.45, 2.75) is 50.1 Å². The molecule has 2 heterocycles. The summed E-state index contributed by atoms with van der Waals surface area (Å²) < 4.78 is 23.1. The monoisotopic (exact) mass is 460 g/mol. The Balaban J connectivity index is 1.68. The van der Waals surface area contributed by atoms with Gasteiger partial charge < -0.3 is 15.3 Å². The molecule has 0 radical (unpaired) electrons. The standard InChI is InChI=1S/C23H32N4O4S/c1-23(2)15-19(16-27(23)22(28)29)18(12-11-17-7-4-3-5-8-17)13-14-25-20-9-6-10-21(26-20)32(24,30)31/h3-10,18-19H,11-16H2,1-2H3,(H,25,26)(H,28,29)(H2,24,30,31). The summed E-state index contributed by atoms with van der Waals surface area (Å²) in [5.74, 6) is 1.03. The Morgan fingerprint density at radius 3 is 2.56 bits per heavy atom. The van der Waals surface area contributed by atoms with E-state index in [4.69, 9.17) is 5.14 Å². The molecule has 2 atom stereocenters. The molecule has 2 unspecified atom stereocenters. The molecule has 2 aromatic rings. The van der Waals surface area contributed by atoms with E-state index in [1.54, 1.807) is 17.0 Å². The normalized spacial score (nSPS) is 19.0. The molecule has 174 valence electrons. The highest BCUT2D eigenvalue weighted by Gasteiger charge is 2.43. The van der Waals surface area contributed by atoms with Crippen molar-refractivity contribution in [3.05, 3.63) is 54.1 Å². The average molecular weight is 461 g/mol. The number of primary sulfonamides is 1. The molecule has 1 aliphatic rings. The molecule has 1 aliphatic heterocycles. The number of pyridine rings is 1. The van der Waals surface area contributed by atoms with Gasteiger partial charge in [0.05, 0.1) is 0 Å². The average Bonchev–Trinajstić information content (AvgIpc) is 3.06. The zero-order chi connectivity index (χ0) is 23.4. The van der Waals surface area contributed by atoms with Crippen LogP contribution in [0.4, 0.5) is 10.6 Å². The number of anilines is 1. The van der Waals surface area contributed by atoms with E-state index in [1.165, 1.54) is 11.6 Å². The van der Waals surface area contributed by atoms with Crippen LogP contribution in [-0.4, -0.2) is 48.1 Å². The lowest BCUT2D eigenvalue weighted by Crippen LogP contribution is -2.41. The topological polar surface area (TPSA) is 126 Å². The van der Waals surface area contributed by atoms with Gasteiger partial charge in [0.1, 0.15) is 5.82 Å². The van der Waals surface area contributed by atoms with Crippen molar-refractivity contribution in [1.82, 2.24) is 9.88 Å². The van der Waals surface area contributed by atoms with Gasteiger partial charge in [-0.2, -0.15) is 0 Å². The number of sulfonamides is 1. The van der Waals surface area contributed by atoms with E-state index in [2.05, 4.69) is 22.4 Å². The summed E-state index contributed by atoms with van der Waals surface area (Å²) >= 11 is 0. The van der Waals surface area contributed by atoms with Gasteiger partial charge >= 0.3 is 6.09 Å². The van der Waals surface area contributed by atoms with Crippen LogP contribution in [0.25, 0.3) is 0 Å². The Bertz CT molecular complexity index is 1030. The molecule has 0 aliphatic carbocycles. The van der Waals surface area contributed by atoms with Crippen LogP contribution in [0.2, 0.25) is 0 Å². The van der Waals surface area contributed by atoms with Crippen LogP contribution in [0.5, 0.6) is 0 Å². The first kappa shape index (κ1) is 24.0. The number of rotatable bonds is 9. The summed E-state index contributed by atoms with van der Waals surface area (Å²) in [5.41, 5.74) is 0.876. The maximum atomic E-state index is 11.7. The number of hydrogen-bond acceptors (Lipinski definition) is 5. The number of amides is 1. The Morgan fingerprint density at radius 2 is 1.94 bits per heavy atom. The van der Waals surface area contributed by atoms with Gasteiger partial charge in [0, 0.05) is 18.6 Å². The van der Waals surface area contributed by atoms with E-state index in [9.17, 15) is 18.3 Å². The predicted molar refractivity (Wildman–Crippen MR) is 124 cm³/mol. The second-order valence-electron chi connectivity index (χ2n) is 9.08. The van der Waals surface area contributed by atoms with Gasteiger partial charge in [-0.3, -0.25) is 0 Å². The minimum atomic E-state index is -3.86. The lowest BCUT2D eigenvalue weighted by atomic mass is 9.81. The molecule has 1 amide bonds. The molecule has 0 spiro atoms. The number of carboxylic acid groups (broad SMARTS) is 1. The minimum Gasteiger partial charge on any atom is -0.465 e. The lowest BCUT2D eigenvalue weighted by Gasteiger charge is -2.28. The van der Waals surface area contributed by atoms with Crippen LogP contribution < -0.4 is 10.5 Å². The Kier molecular flexibility index (Phi) is 7.40. The predicted octanol–water partition coefficient (Wildman–Crippen LogP) is 3.56. The molecule has 0 saturated carbocycles. The smallest absolute Gasteiger partial charge is 0.407 e. The number of benzene rings is 1. The Morgan fingerprint density at radius 1 is 1.22 bits per heavy atom. The van der Waals surface area contributed by atoms with Gasteiger partial charge in [-0.05, 0) is 69.1 Å². The number of hydrogen-bond donors (Lipinski definition) is 3. The zero-order valence-corrected chi connectivity index (χ0v) is 19.4. The molecule has 9 heteroatoms. The van der Waals surface area contributed by atoms with Crippen LogP contribution in [-0.2, 0) is 16.4 Å². The molecular weight excluding hydrogens is 428 g/mol. The maximum Gasteiger partial charge on any atom is 0.407 e. The quantitative estimate of drug-likeness (QED) is 0.525. The maximum absolute atomic E-state index is 11.7. The summed E-state index contributed by atoms with van der Waals surface area (Å²) in [6, 6.07) is 15.0. The van der Waals surface area contributed by atoms with Crippen molar-refractivity contribution < 1.29 is 18.3 Å². The number of nitrogens with zero attached hydrogens (tertiary/aromatic N) is 2. The molecule has 1 saturated heterocycles. The van der Waals surface area contributed by atoms with Crippen molar-refractivity contribution in [2.24, 2.45) is 17.0 Å². The second kappa shape index (κ2) is 9.87. The van der Waals surface area contributed by atoms with E-state index in [0.717, 1.165) is 25.7 Å². The third-order valence-electron chi connectivity index (χ3n) is 6.29. The largest absolute Gasteiger partial charge is 0.465 e. The third-order valence-corrected chi connectivity index (χ3v) is 7.10. The first-order valence-corrected chi connectivity index (χ1v) is 12.4. The molecule has 1 aromatic heterocycles. The number of nitrogens with one attached hydrogen (secondary N) is 1. The van der Waals surface area contributed by atoms with E-state index < -0.39 is 16.1 Å². The van der Waals surface area contributed by atoms with Gasteiger partial charge in [-0.15, -0.1) is 0 Å². The fourth-order valence-electron chi connectivity index (χ4n) is 4.62. The van der Waals surface area contributed by atoms with Crippen LogP contribution in [0, 0.1) is 11.8 Å². The highest BCUT2D eigenvalue weighted by molar-refractivity contribution is 7.89. The Hall–Kier alpha value is -2.65. The van der Waals surface area contributed by atoms with Crippen molar-refractivity contribution in [3.8, 4) is 0 Å². The summed E-state index contributed by atoms with van der Waals surface area (Å²) in [4.78, 5) is 17.4. The van der Waals surface area contributed by atoms with E-state index in [-0.39, 0.29) is 16.5 Å². The summed E-state index contributed by atoms with van der Waals surface area (Å²) in [6.07, 6.45) is 2.64. The van der Waals surface area contributed by atoms with E-state index in [0.29, 0.717) is 24.8 Å². The molecule has 1 aromatic carbocycles.